The summed E-state index contributed by atoms with van der Waals surface area (Å²) in [6, 6.07) is 9.41. The number of nitrogens with zero attached hydrogens (tertiary/aromatic N) is 2. The summed E-state index contributed by atoms with van der Waals surface area (Å²) in [5.41, 5.74) is -4.15. The maximum atomic E-state index is 13.5. The van der Waals surface area contributed by atoms with Crippen molar-refractivity contribution < 1.29 is 32.6 Å². The summed E-state index contributed by atoms with van der Waals surface area (Å²) in [5, 5.41) is 23.5. The van der Waals surface area contributed by atoms with Gasteiger partial charge in [-0.2, -0.15) is 23.3 Å². The van der Waals surface area contributed by atoms with Crippen LogP contribution in [0.25, 0.3) is 0 Å². The molecule has 0 unspecified atom stereocenters. The van der Waals surface area contributed by atoms with Crippen molar-refractivity contribution >= 4 is 11.6 Å². The summed E-state index contributed by atoms with van der Waals surface area (Å²) < 4.78 is 53.5. The van der Waals surface area contributed by atoms with Gasteiger partial charge >= 0.3 is 6.18 Å². The Morgan fingerprint density at radius 2 is 1.73 bits per heavy atom. The fourth-order valence-electron chi connectivity index (χ4n) is 2.55. The van der Waals surface area contributed by atoms with Gasteiger partial charge < -0.3 is 10.2 Å². The van der Waals surface area contributed by atoms with Gasteiger partial charge in [0, 0.05) is 0 Å². The topological polar surface area (TPSA) is 73.1 Å². The zero-order chi connectivity index (χ0) is 19.1. The first kappa shape index (κ1) is 17.9. The highest BCUT2D eigenvalue weighted by atomic mass is 19.4. The third kappa shape index (κ3) is 2.90. The molecular weight excluding hydrogens is 356 g/mol. The van der Waals surface area contributed by atoms with Crippen LogP contribution in [0.2, 0.25) is 0 Å². The molecule has 0 saturated carbocycles. The maximum absolute atomic E-state index is 13.5. The summed E-state index contributed by atoms with van der Waals surface area (Å²) in [5.74, 6) is -2.46. The number of alkyl halides is 3. The fraction of sp³-hybridized carbons (Fsp3) is 0.176. The van der Waals surface area contributed by atoms with Gasteiger partial charge in [0.05, 0.1) is 17.7 Å². The number of aliphatic hydroxyl groups is 1. The van der Waals surface area contributed by atoms with Crippen LogP contribution in [-0.2, 0) is 0 Å². The van der Waals surface area contributed by atoms with Crippen LogP contribution in [0.3, 0.4) is 0 Å². The van der Waals surface area contributed by atoms with Crippen molar-refractivity contribution in [2.45, 2.75) is 18.3 Å². The van der Waals surface area contributed by atoms with Gasteiger partial charge in [0.25, 0.3) is 11.6 Å². The maximum Gasteiger partial charge on any atom is 0.438 e. The van der Waals surface area contributed by atoms with Crippen LogP contribution in [0.15, 0.2) is 53.6 Å². The molecule has 0 aromatic heterocycles. The van der Waals surface area contributed by atoms with Crippen LogP contribution in [0.4, 0.5) is 17.6 Å². The summed E-state index contributed by atoms with van der Waals surface area (Å²) in [6.07, 6.45) is -6.24. The van der Waals surface area contributed by atoms with E-state index < -0.39 is 41.4 Å². The molecular formula is C17H12F4N2O3. The molecule has 0 bridgehead atoms. The Bertz CT molecular complexity index is 880. The molecule has 0 spiro atoms. The molecule has 3 rings (SSSR count). The lowest BCUT2D eigenvalue weighted by Crippen LogP contribution is -2.56. The standard InChI is InChI=1S/C17H12F4N2O3/c18-11-7-5-10(6-8-11)13-9-16(26,17(19,20)21)23(22-13)15(25)12-3-1-2-4-14(12)24/h1-8,24,26H,9H2/t16-/m1/s1. The first-order valence-electron chi connectivity index (χ1n) is 7.38. The molecule has 26 heavy (non-hydrogen) atoms. The minimum absolute atomic E-state index is 0.0965. The quantitative estimate of drug-likeness (QED) is 0.801. The highest BCUT2D eigenvalue weighted by molar-refractivity contribution is 6.06. The van der Waals surface area contributed by atoms with E-state index in [0.717, 1.165) is 24.3 Å². The molecule has 0 radical (unpaired) electrons. The Morgan fingerprint density at radius 1 is 1.12 bits per heavy atom. The van der Waals surface area contributed by atoms with Gasteiger partial charge in [-0.15, -0.1) is 0 Å². The van der Waals surface area contributed by atoms with Crippen molar-refractivity contribution in [1.29, 1.82) is 0 Å². The van der Waals surface area contributed by atoms with Crippen molar-refractivity contribution in [2.75, 3.05) is 0 Å². The van der Waals surface area contributed by atoms with Crippen LogP contribution < -0.4 is 0 Å². The predicted octanol–water partition coefficient (Wildman–Crippen LogP) is 3.03. The van der Waals surface area contributed by atoms with E-state index >= 15 is 0 Å². The lowest BCUT2D eigenvalue weighted by Gasteiger charge is -2.32. The summed E-state index contributed by atoms with van der Waals surface area (Å²) >= 11 is 0. The number of hydrogen-bond acceptors (Lipinski definition) is 4. The lowest BCUT2D eigenvalue weighted by molar-refractivity contribution is -0.297. The van der Waals surface area contributed by atoms with E-state index in [1.165, 1.54) is 24.3 Å². The van der Waals surface area contributed by atoms with E-state index in [-0.39, 0.29) is 16.3 Å². The number of rotatable bonds is 2. The predicted molar refractivity (Wildman–Crippen MR) is 82.8 cm³/mol. The molecule has 1 heterocycles. The molecule has 9 heteroatoms. The van der Waals surface area contributed by atoms with Gasteiger partial charge in [-0.3, -0.25) is 4.79 Å². The molecule has 0 fully saturated rings. The minimum atomic E-state index is -5.21. The van der Waals surface area contributed by atoms with Crippen LogP contribution in [0, 0.1) is 5.82 Å². The second-order valence-corrected chi connectivity index (χ2v) is 5.68. The van der Waals surface area contributed by atoms with Gasteiger partial charge in [0.15, 0.2) is 0 Å². The summed E-state index contributed by atoms with van der Waals surface area (Å²) in [4.78, 5) is 12.5. The Hall–Kier alpha value is -2.94. The van der Waals surface area contributed by atoms with E-state index in [0.29, 0.717) is 0 Å². The highest BCUT2D eigenvalue weighted by Crippen LogP contribution is 2.42. The number of phenols is 1. The number of hydrazone groups is 1. The van der Waals surface area contributed by atoms with E-state index in [1.807, 2.05) is 0 Å². The Kier molecular flexibility index (Phi) is 4.19. The molecule has 5 nitrogen and oxygen atoms in total. The van der Waals surface area contributed by atoms with Gasteiger partial charge in [0.1, 0.15) is 11.6 Å². The second kappa shape index (κ2) is 6.10. The molecule has 2 aromatic carbocycles. The Balaban J connectivity index is 2.07. The third-order valence-electron chi connectivity index (χ3n) is 3.94. The van der Waals surface area contributed by atoms with Crippen LogP contribution in [-0.4, -0.2) is 38.7 Å². The molecule has 2 N–H and O–H groups in total. The average Bonchev–Trinajstić information content (AvgIpc) is 2.94. The number of carbonyl (C=O) groups is 1. The molecule has 0 saturated heterocycles. The normalized spacial score (nSPS) is 20.2. The number of halogens is 4. The summed E-state index contributed by atoms with van der Waals surface area (Å²) in [7, 11) is 0. The molecule has 136 valence electrons. The van der Waals surface area contributed by atoms with Gasteiger partial charge in [-0.1, -0.05) is 24.3 Å². The number of hydrogen-bond donors (Lipinski definition) is 2. The molecule has 1 aliphatic rings. The van der Waals surface area contributed by atoms with Crippen LogP contribution >= 0.6 is 0 Å². The second-order valence-electron chi connectivity index (χ2n) is 5.68. The average molecular weight is 368 g/mol. The monoisotopic (exact) mass is 368 g/mol. The molecule has 2 aromatic rings. The number of amides is 1. The van der Waals surface area contributed by atoms with Gasteiger partial charge in [-0.25, -0.2) is 4.39 Å². The van der Waals surface area contributed by atoms with Gasteiger partial charge in [0.2, 0.25) is 0 Å². The number of phenolic OH excluding ortho intramolecular Hbond substituents is 1. The number of aromatic hydroxyl groups is 1. The van der Waals surface area contributed by atoms with E-state index in [9.17, 15) is 32.6 Å². The van der Waals surface area contributed by atoms with E-state index in [1.54, 1.807) is 0 Å². The zero-order valence-corrected chi connectivity index (χ0v) is 13.0. The van der Waals surface area contributed by atoms with Crippen molar-refractivity contribution in [3.05, 3.63) is 65.5 Å². The largest absolute Gasteiger partial charge is 0.507 e. The Labute approximate surface area is 144 Å². The number of para-hydroxylation sites is 1. The smallest absolute Gasteiger partial charge is 0.438 e. The molecule has 0 aliphatic carbocycles. The zero-order valence-electron chi connectivity index (χ0n) is 13.0. The molecule has 1 amide bonds. The summed E-state index contributed by atoms with van der Waals surface area (Å²) in [6.45, 7) is 0. The first-order valence-corrected chi connectivity index (χ1v) is 7.38. The van der Waals surface area contributed by atoms with E-state index in [4.69, 9.17) is 0 Å². The first-order chi connectivity index (χ1) is 12.1. The third-order valence-corrected chi connectivity index (χ3v) is 3.94. The molecule has 1 aliphatic heterocycles. The molecule has 1 atom stereocenters. The Morgan fingerprint density at radius 3 is 2.31 bits per heavy atom. The lowest BCUT2D eigenvalue weighted by atomic mass is 10.0. The van der Waals surface area contributed by atoms with Crippen molar-refractivity contribution in [3.63, 3.8) is 0 Å². The van der Waals surface area contributed by atoms with Crippen LogP contribution in [0.1, 0.15) is 22.3 Å². The van der Waals surface area contributed by atoms with E-state index in [2.05, 4.69) is 5.10 Å². The van der Waals surface area contributed by atoms with Crippen molar-refractivity contribution in [3.8, 4) is 5.75 Å². The van der Waals surface area contributed by atoms with Crippen molar-refractivity contribution in [2.24, 2.45) is 5.10 Å². The highest BCUT2D eigenvalue weighted by Gasteiger charge is 2.63. The van der Waals surface area contributed by atoms with Crippen molar-refractivity contribution in [1.82, 2.24) is 5.01 Å². The number of benzene rings is 2. The van der Waals surface area contributed by atoms with Crippen LogP contribution in [0.5, 0.6) is 5.75 Å². The minimum Gasteiger partial charge on any atom is -0.507 e. The SMILES string of the molecule is O=C(c1ccccc1O)N1N=C(c2ccc(F)cc2)C[C@@]1(O)C(F)(F)F. The number of carbonyl (C=O) groups excluding carboxylic acids is 1. The fourth-order valence-corrected chi connectivity index (χ4v) is 2.55. The van der Waals surface area contributed by atoms with Gasteiger partial charge in [-0.05, 0) is 29.8 Å².